The van der Waals surface area contributed by atoms with Gasteiger partial charge in [-0.15, -0.1) is 0 Å². The Morgan fingerprint density at radius 1 is 1.17 bits per heavy atom. The second-order valence-corrected chi connectivity index (χ2v) is 17.2. The van der Waals surface area contributed by atoms with E-state index in [1.54, 1.807) is 12.1 Å². The number of benzene rings is 2. The number of rotatable bonds is 1. The van der Waals surface area contributed by atoms with Gasteiger partial charge in [-0.2, -0.15) is 0 Å². The average Bonchev–Trinajstić information content (AvgIpc) is 3.18. The largest absolute Gasteiger partial charge is 0.490 e. The second kappa shape index (κ2) is 12.5. The van der Waals surface area contributed by atoms with E-state index < -0.39 is 32.3 Å². The number of carbonyl (C=O) groups is 1. The minimum absolute atomic E-state index is 0.0100. The number of halogens is 2. The van der Waals surface area contributed by atoms with Crippen molar-refractivity contribution in [2.75, 3.05) is 24.6 Å². The van der Waals surface area contributed by atoms with Gasteiger partial charge in [0.05, 0.1) is 22.0 Å². The van der Waals surface area contributed by atoms with Gasteiger partial charge in [0.1, 0.15) is 17.2 Å². The van der Waals surface area contributed by atoms with Crippen molar-refractivity contribution in [2.24, 2.45) is 17.8 Å². The van der Waals surface area contributed by atoms with Crippen LogP contribution in [0.1, 0.15) is 73.0 Å². The molecule has 10 heteroatoms. The average molecular weight is 692 g/mol. The van der Waals surface area contributed by atoms with Crippen LogP contribution in [0, 0.1) is 23.6 Å². The number of nitrogens with zero attached hydrogens (tertiary/aromatic N) is 2. The summed E-state index contributed by atoms with van der Waals surface area (Å²) in [4.78, 5) is 20.1. The fraction of sp³-hybridized carbons (Fsp3) is 0.447. The Morgan fingerprint density at radius 3 is 2.77 bits per heavy atom. The molecule has 7 atom stereocenters. The third-order valence-corrected chi connectivity index (χ3v) is 13.9. The van der Waals surface area contributed by atoms with Crippen molar-refractivity contribution in [3.8, 4) is 5.75 Å². The van der Waals surface area contributed by atoms with E-state index in [4.69, 9.17) is 16.3 Å². The van der Waals surface area contributed by atoms with E-state index in [2.05, 4.69) is 32.6 Å². The number of fused-ring (bicyclic) bond motifs is 4. The van der Waals surface area contributed by atoms with Crippen molar-refractivity contribution in [3.05, 3.63) is 100 Å². The molecule has 0 saturated heterocycles. The van der Waals surface area contributed by atoms with Crippen LogP contribution >= 0.6 is 11.6 Å². The van der Waals surface area contributed by atoms with E-state index in [-0.39, 0.29) is 28.7 Å². The molecule has 1 saturated carbocycles. The molecule has 3 heterocycles. The van der Waals surface area contributed by atoms with Gasteiger partial charge in [0.15, 0.2) is 0 Å². The summed E-state index contributed by atoms with van der Waals surface area (Å²) in [5.74, 6) is 3.24. The summed E-state index contributed by atoms with van der Waals surface area (Å²) in [6, 6.07) is 12.8. The van der Waals surface area contributed by atoms with Gasteiger partial charge in [-0.1, -0.05) is 36.7 Å². The lowest BCUT2D eigenvalue weighted by Gasteiger charge is -2.49. The highest BCUT2D eigenvalue weighted by molar-refractivity contribution is 7.99. The van der Waals surface area contributed by atoms with Gasteiger partial charge < -0.3 is 14.7 Å². The van der Waals surface area contributed by atoms with Crippen LogP contribution in [0.3, 0.4) is 0 Å². The van der Waals surface area contributed by atoms with Gasteiger partial charge in [0, 0.05) is 58.2 Å². The Morgan fingerprint density at radius 2 is 2.00 bits per heavy atom. The third-order valence-electron chi connectivity index (χ3n) is 11.5. The zero-order valence-corrected chi connectivity index (χ0v) is 29.0. The summed E-state index contributed by atoms with van der Waals surface area (Å²) in [5.41, 5.74) is 1.80. The molecule has 2 aromatic carbocycles. The van der Waals surface area contributed by atoms with Crippen LogP contribution in [0.25, 0.3) is 0 Å². The molecule has 7 nitrogen and oxygen atoms in total. The molecule has 254 valence electrons. The van der Waals surface area contributed by atoms with Gasteiger partial charge in [0.25, 0.3) is 5.91 Å². The lowest BCUT2D eigenvalue weighted by Crippen LogP contribution is -2.51. The van der Waals surface area contributed by atoms with E-state index in [9.17, 15) is 14.1 Å². The molecule has 1 amide bonds. The molecule has 1 unspecified atom stereocenters. The van der Waals surface area contributed by atoms with Gasteiger partial charge >= 0.3 is 0 Å². The molecule has 1 fully saturated rings. The minimum Gasteiger partial charge on any atom is -0.490 e. The second-order valence-electron chi connectivity index (χ2n) is 14.4. The van der Waals surface area contributed by atoms with Crippen LogP contribution in [0.4, 0.5) is 10.1 Å². The number of ether oxygens (including phenoxy) is 1. The van der Waals surface area contributed by atoms with Crippen molar-refractivity contribution in [1.29, 1.82) is 0 Å². The van der Waals surface area contributed by atoms with Crippen molar-refractivity contribution in [2.45, 2.75) is 68.6 Å². The molecule has 4 aliphatic rings. The molecular formula is C38H43ClFN3O4S. The van der Waals surface area contributed by atoms with Crippen molar-refractivity contribution in [1.82, 2.24) is 9.71 Å². The van der Waals surface area contributed by atoms with Crippen molar-refractivity contribution >= 4 is 38.8 Å². The lowest BCUT2D eigenvalue weighted by molar-refractivity contribution is -0.0524. The van der Waals surface area contributed by atoms with E-state index in [0.717, 1.165) is 31.4 Å². The number of aryl methyl sites for hydroxylation is 1. The standard InChI is InChI=1S/C38H43ClFN3O4S/c1-24-6-4-16-38(45,32-20-41-17-14-33(32)40)31-11-8-28(31)21-43-22-37(15-5-7-26-18-29(39)10-12-30(26)37)23-47-35-13-9-27(19-34(35)43)36(44)42-48(3,46)25(24)2/h4,9-10,12-14,16-20,24-25,28,31,45H,3,5-8,11,15,21-23H2,1-2H3,(H,42,44,46)/b16-4+/t24-,25+,28-,31+,37-,38+,48?/m0/s1. The number of anilines is 1. The van der Waals surface area contributed by atoms with Crippen molar-refractivity contribution < 1.29 is 23.2 Å². The smallest absolute Gasteiger partial charge is 0.262 e. The number of allylic oxidation sites excluding steroid dienone is 1. The molecule has 2 bridgehead atoms. The minimum atomic E-state index is -3.05. The number of hydrogen-bond acceptors (Lipinski definition) is 6. The van der Waals surface area contributed by atoms with Crippen LogP contribution in [0.5, 0.6) is 5.75 Å². The van der Waals surface area contributed by atoms with Gasteiger partial charge in [0.2, 0.25) is 0 Å². The predicted molar refractivity (Wildman–Crippen MR) is 190 cm³/mol. The summed E-state index contributed by atoms with van der Waals surface area (Å²) in [6.07, 6.45) is 11.3. The number of aliphatic hydroxyl groups is 1. The fourth-order valence-electron chi connectivity index (χ4n) is 8.33. The van der Waals surface area contributed by atoms with Gasteiger partial charge in [-0.05, 0) is 111 Å². The topological polar surface area (TPSA) is 91.8 Å². The number of hydrogen-bond donors (Lipinski definition) is 2. The fourth-order valence-corrected chi connectivity index (χ4v) is 10.0. The van der Waals surface area contributed by atoms with Crippen LogP contribution in [-0.4, -0.2) is 51.0 Å². The van der Waals surface area contributed by atoms with Crippen LogP contribution in [-0.2, 0) is 27.1 Å². The first kappa shape index (κ1) is 33.1. The van der Waals surface area contributed by atoms with Crippen LogP contribution in [0.2, 0.25) is 5.02 Å². The zero-order valence-electron chi connectivity index (χ0n) is 27.5. The highest BCUT2D eigenvalue weighted by atomic mass is 35.5. The highest BCUT2D eigenvalue weighted by Gasteiger charge is 2.49. The lowest BCUT2D eigenvalue weighted by atomic mass is 9.62. The molecule has 0 radical (unpaired) electrons. The Bertz CT molecular complexity index is 1890. The number of carbonyl (C=O) groups excluding carboxylic acids is 1. The third kappa shape index (κ3) is 5.81. The monoisotopic (exact) mass is 691 g/mol. The molecule has 2 aliphatic heterocycles. The number of pyridine rings is 1. The molecule has 48 heavy (non-hydrogen) atoms. The van der Waals surface area contributed by atoms with E-state index in [0.29, 0.717) is 48.9 Å². The molecule has 2 N–H and O–H groups in total. The molecule has 2 aliphatic carbocycles. The Balaban J connectivity index is 1.36. The summed E-state index contributed by atoms with van der Waals surface area (Å²) in [5, 5.41) is 12.7. The maximum absolute atomic E-state index is 15.5. The molecule has 1 aromatic heterocycles. The van der Waals surface area contributed by atoms with Crippen molar-refractivity contribution in [3.63, 3.8) is 0 Å². The summed E-state index contributed by atoms with van der Waals surface area (Å²) in [7, 11) is -3.05. The number of nitrogens with one attached hydrogen (secondary N) is 1. The Labute approximate surface area is 287 Å². The summed E-state index contributed by atoms with van der Waals surface area (Å²) >= 11 is 6.44. The summed E-state index contributed by atoms with van der Waals surface area (Å²) in [6.45, 7) is 5.40. The molecule has 3 aromatic rings. The molecule has 7 rings (SSSR count). The van der Waals surface area contributed by atoms with E-state index >= 15 is 4.39 Å². The highest BCUT2D eigenvalue weighted by Crippen LogP contribution is 2.51. The first-order valence-electron chi connectivity index (χ1n) is 16.9. The Hall–Kier alpha value is -3.40. The normalized spacial score (nSPS) is 34.1. The number of amides is 1. The van der Waals surface area contributed by atoms with Crippen LogP contribution in [0.15, 0.2) is 67.0 Å². The molecular weight excluding hydrogens is 649 g/mol. The quantitative estimate of drug-likeness (QED) is 0.221. The van der Waals surface area contributed by atoms with Gasteiger partial charge in [-0.25, -0.2) is 8.60 Å². The maximum Gasteiger partial charge on any atom is 0.262 e. The van der Waals surface area contributed by atoms with E-state index in [1.807, 2.05) is 38.1 Å². The maximum atomic E-state index is 15.5. The number of aromatic nitrogens is 1. The summed E-state index contributed by atoms with van der Waals surface area (Å²) < 4.78 is 38.6. The van der Waals surface area contributed by atoms with E-state index in [1.165, 1.54) is 29.6 Å². The zero-order chi connectivity index (χ0) is 33.8. The first-order chi connectivity index (χ1) is 22.9. The Kier molecular flexibility index (Phi) is 8.61. The van der Waals surface area contributed by atoms with Gasteiger partial charge in [-0.3, -0.25) is 14.5 Å². The van der Waals surface area contributed by atoms with Crippen LogP contribution < -0.4 is 14.4 Å². The first-order valence-corrected chi connectivity index (χ1v) is 19.1. The molecule has 1 spiro atoms. The predicted octanol–water partition coefficient (Wildman–Crippen LogP) is 6.61. The SMILES string of the molecule is C=S1(=O)NC(=O)c2ccc3c(c2)N(C[C@@H]2CC[C@H]2[C@@](O)(c2cnccc2F)/C=C/C[C@H](C)[C@H]1C)C[C@@]1(CCCc2cc(Cl)ccc21)CO3.